The van der Waals surface area contributed by atoms with Crippen molar-refractivity contribution in [2.24, 2.45) is 0 Å². The number of amides is 1. The van der Waals surface area contributed by atoms with Crippen molar-refractivity contribution in [2.75, 3.05) is 13.7 Å². The number of ether oxygens (including phenoxy) is 1. The minimum atomic E-state index is -1.57. The number of carboxylic acid groups (broad SMARTS) is 2. The lowest BCUT2D eigenvalue weighted by Crippen LogP contribution is -2.40. The maximum atomic E-state index is 11.4. The summed E-state index contributed by atoms with van der Waals surface area (Å²) >= 11 is 0. The summed E-state index contributed by atoms with van der Waals surface area (Å²) in [5, 5.41) is 31.2. The van der Waals surface area contributed by atoms with Gasteiger partial charge in [0.25, 0.3) is 0 Å². The first-order chi connectivity index (χ1) is 12.3. The summed E-state index contributed by atoms with van der Waals surface area (Å²) in [6, 6.07) is 7.63. The molecule has 136 valence electrons. The third kappa shape index (κ3) is 2.86. The van der Waals surface area contributed by atoms with Crippen LogP contribution in [0.4, 0.5) is 4.79 Å². The largest absolute Gasteiger partial charge is 0.496 e. The fourth-order valence-corrected chi connectivity index (χ4v) is 3.44. The first-order valence-electron chi connectivity index (χ1n) is 7.98. The molecule has 1 fully saturated rings. The number of hydrogen-bond donors (Lipinski definition) is 3. The van der Waals surface area contributed by atoms with Crippen LogP contribution in [0.5, 0.6) is 5.75 Å². The second kappa shape index (κ2) is 6.34. The summed E-state index contributed by atoms with van der Waals surface area (Å²) in [4.78, 5) is 23.4. The Kier molecular flexibility index (Phi) is 4.33. The standard InChI is InChI=1S/C19H19NO6/c1-3-11-6-13-7-14(5-4-12(13)8-16(11)26-2)19(25)9-15(17(21)22)20(10-19)18(23)24/h3-8,15,25H,1,9-10H2,2H3,(H,21,22)(H,23,24). The average molecular weight is 357 g/mol. The summed E-state index contributed by atoms with van der Waals surface area (Å²) in [6.45, 7) is 3.46. The zero-order valence-electron chi connectivity index (χ0n) is 14.2. The Morgan fingerprint density at radius 2 is 2.00 bits per heavy atom. The van der Waals surface area contributed by atoms with Gasteiger partial charge in [0.15, 0.2) is 0 Å². The lowest BCUT2D eigenvalue weighted by molar-refractivity contribution is -0.141. The maximum Gasteiger partial charge on any atom is 0.408 e. The van der Waals surface area contributed by atoms with Gasteiger partial charge in [0.1, 0.15) is 17.4 Å². The number of likely N-dealkylation sites (tertiary alicyclic amines) is 1. The zero-order chi connectivity index (χ0) is 19.1. The highest BCUT2D eigenvalue weighted by molar-refractivity contribution is 5.88. The first kappa shape index (κ1) is 17.8. The lowest BCUT2D eigenvalue weighted by Gasteiger charge is -2.23. The van der Waals surface area contributed by atoms with Gasteiger partial charge in [0.05, 0.1) is 13.7 Å². The number of β-amino-alcohol motifs (C(OH)–C–C–N with tert-alkyl or cyclic N) is 1. The monoisotopic (exact) mass is 357 g/mol. The molecule has 0 aliphatic carbocycles. The van der Waals surface area contributed by atoms with E-state index in [9.17, 15) is 24.9 Å². The van der Waals surface area contributed by atoms with Crippen molar-refractivity contribution in [3.8, 4) is 5.75 Å². The van der Waals surface area contributed by atoms with E-state index in [1.54, 1.807) is 31.4 Å². The number of fused-ring (bicyclic) bond motifs is 1. The molecule has 0 radical (unpaired) electrons. The SMILES string of the molecule is C=Cc1cc2cc(C3(O)CC(C(=O)O)N(C(=O)O)C3)ccc2cc1OC. The third-order valence-electron chi connectivity index (χ3n) is 4.82. The molecule has 1 amide bonds. The van der Waals surface area contributed by atoms with Crippen molar-refractivity contribution in [1.82, 2.24) is 4.90 Å². The molecule has 0 bridgehead atoms. The molecule has 2 unspecified atom stereocenters. The fraction of sp³-hybridized carbons (Fsp3) is 0.263. The van der Waals surface area contributed by atoms with Crippen molar-refractivity contribution in [2.45, 2.75) is 18.1 Å². The van der Waals surface area contributed by atoms with E-state index >= 15 is 0 Å². The van der Waals surface area contributed by atoms with Crippen molar-refractivity contribution in [3.63, 3.8) is 0 Å². The van der Waals surface area contributed by atoms with Crippen LogP contribution in [0.3, 0.4) is 0 Å². The van der Waals surface area contributed by atoms with E-state index in [2.05, 4.69) is 6.58 Å². The minimum Gasteiger partial charge on any atom is -0.496 e. The third-order valence-corrected chi connectivity index (χ3v) is 4.82. The van der Waals surface area contributed by atoms with Crippen LogP contribution >= 0.6 is 0 Å². The summed E-state index contributed by atoms with van der Waals surface area (Å²) in [5.41, 5.74) is -0.310. The fourth-order valence-electron chi connectivity index (χ4n) is 3.44. The number of aliphatic hydroxyl groups is 1. The van der Waals surface area contributed by atoms with Gasteiger partial charge >= 0.3 is 12.1 Å². The Hall–Kier alpha value is -3.06. The predicted octanol–water partition coefficient (Wildman–Crippen LogP) is 2.52. The van der Waals surface area contributed by atoms with E-state index in [1.165, 1.54) is 0 Å². The smallest absolute Gasteiger partial charge is 0.408 e. The van der Waals surface area contributed by atoms with Gasteiger partial charge in [0, 0.05) is 12.0 Å². The molecule has 3 rings (SSSR count). The summed E-state index contributed by atoms with van der Waals surface area (Å²) < 4.78 is 5.32. The van der Waals surface area contributed by atoms with E-state index in [1.807, 2.05) is 12.1 Å². The highest BCUT2D eigenvalue weighted by atomic mass is 16.5. The Bertz CT molecular complexity index is 884. The van der Waals surface area contributed by atoms with Crippen LogP contribution in [0.1, 0.15) is 17.5 Å². The van der Waals surface area contributed by atoms with Gasteiger partial charge in [-0.05, 0) is 34.5 Å². The Morgan fingerprint density at radius 3 is 2.54 bits per heavy atom. The van der Waals surface area contributed by atoms with Crippen LogP contribution in [0.15, 0.2) is 36.9 Å². The molecule has 7 nitrogen and oxygen atoms in total. The molecule has 3 N–H and O–H groups in total. The van der Waals surface area contributed by atoms with Gasteiger partial charge in [-0.3, -0.25) is 4.90 Å². The summed E-state index contributed by atoms with van der Waals surface area (Å²) in [7, 11) is 1.57. The average Bonchev–Trinajstić information content (AvgIpc) is 2.99. The van der Waals surface area contributed by atoms with Crippen molar-refractivity contribution in [1.29, 1.82) is 0 Å². The van der Waals surface area contributed by atoms with E-state index < -0.39 is 23.7 Å². The Labute approximate surface area is 149 Å². The van der Waals surface area contributed by atoms with Gasteiger partial charge in [-0.2, -0.15) is 0 Å². The number of rotatable bonds is 4. The molecule has 1 saturated heterocycles. The van der Waals surface area contributed by atoms with E-state index in [-0.39, 0.29) is 13.0 Å². The van der Waals surface area contributed by atoms with Crippen LogP contribution in [0.2, 0.25) is 0 Å². The molecule has 2 atom stereocenters. The van der Waals surface area contributed by atoms with Gasteiger partial charge in [0.2, 0.25) is 0 Å². The van der Waals surface area contributed by atoms with Gasteiger partial charge in [-0.25, -0.2) is 9.59 Å². The number of aliphatic carboxylic acids is 1. The molecule has 1 aliphatic rings. The van der Waals surface area contributed by atoms with E-state index in [4.69, 9.17) is 4.74 Å². The van der Waals surface area contributed by atoms with Crippen LogP contribution in [-0.4, -0.2) is 52.0 Å². The molecule has 2 aromatic rings. The number of methoxy groups -OCH3 is 1. The highest BCUT2D eigenvalue weighted by Crippen LogP contribution is 2.38. The number of carboxylic acids is 1. The van der Waals surface area contributed by atoms with Gasteiger partial charge in [-0.15, -0.1) is 0 Å². The Morgan fingerprint density at radius 1 is 1.27 bits per heavy atom. The van der Waals surface area contributed by atoms with Crippen molar-refractivity contribution < 1.29 is 29.6 Å². The molecule has 2 aromatic carbocycles. The highest BCUT2D eigenvalue weighted by Gasteiger charge is 2.49. The van der Waals surface area contributed by atoms with Gasteiger partial charge in [-0.1, -0.05) is 24.8 Å². The van der Waals surface area contributed by atoms with Crippen molar-refractivity contribution >= 4 is 28.9 Å². The lowest BCUT2D eigenvalue weighted by atomic mass is 9.89. The quantitative estimate of drug-likeness (QED) is 0.776. The molecule has 1 heterocycles. The molecular formula is C19H19NO6. The van der Waals surface area contributed by atoms with Crippen LogP contribution in [0, 0.1) is 0 Å². The molecule has 0 aromatic heterocycles. The molecular weight excluding hydrogens is 338 g/mol. The number of carbonyl (C=O) groups is 2. The Balaban J connectivity index is 2.06. The molecule has 1 aliphatic heterocycles. The number of benzene rings is 2. The van der Waals surface area contributed by atoms with Crippen LogP contribution in [0.25, 0.3) is 16.8 Å². The second-order valence-corrected chi connectivity index (χ2v) is 6.36. The molecule has 26 heavy (non-hydrogen) atoms. The summed E-state index contributed by atoms with van der Waals surface area (Å²) in [5.74, 6) is -0.606. The number of nitrogens with zero attached hydrogens (tertiary/aromatic N) is 1. The van der Waals surface area contributed by atoms with Gasteiger partial charge < -0.3 is 20.1 Å². The first-order valence-corrected chi connectivity index (χ1v) is 7.98. The van der Waals surface area contributed by atoms with Crippen molar-refractivity contribution in [3.05, 3.63) is 48.0 Å². The number of hydrogen-bond acceptors (Lipinski definition) is 4. The summed E-state index contributed by atoms with van der Waals surface area (Å²) in [6.07, 6.45) is 0.0831. The van der Waals surface area contributed by atoms with E-state index in [0.29, 0.717) is 11.3 Å². The van der Waals surface area contributed by atoms with Crippen LogP contribution in [-0.2, 0) is 10.4 Å². The topological polar surface area (TPSA) is 107 Å². The predicted molar refractivity (Wildman–Crippen MR) is 95.3 cm³/mol. The second-order valence-electron chi connectivity index (χ2n) is 6.36. The van der Waals surface area contributed by atoms with E-state index in [0.717, 1.165) is 21.2 Å². The zero-order valence-corrected chi connectivity index (χ0v) is 14.2. The molecule has 7 heteroatoms. The normalized spacial score (nSPS) is 22.4. The minimum absolute atomic E-state index is 0.204. The molecule has 0 saturated carbocycles. The maximum absolute atomic E-state index is 11.4. The van der Waals surface area contributed by atoms with Crippen LogP contribution < -0.4 is 4.74 Å². The molecule has 0 spiro atoms.